The fraction of sp³-hybridized carbons (Fsp3) is 0.333. The number of hydrogen-bond acceptors (Lipinski definition) is 3. The molecule has 1 aromatic heterocycles. The summed E-state index contributed by atoms with van der Waals surface area (Å²) < 4.78 is 4.86. The zero-order chi connectivity index (χ0) is 9.68. The van der Waals surface area contributed by atoms with Crippen molar-refractivity contribution < 1.29 is 9.53 Å². The molecule has 0 aliphatic rings. The summed E-state index contributed by atoms with van der Waals surface area (Å²) in [5.41, 5.74) is 0.139. The zero-order valence-corrected chi connectivity index (χ0v) is 7.37. The molecule has 0 fully saturated rings. The van der Waals surface area contributed by atoms with Crippen LogP contribution in [-0.2, 0) is 4.74 Å². The molecule has 0 radical (unpaired) electrons. The Hall–Kier alpha value is -1.58. The van der Waals surface area contributed by atoms with Gasteiger partial charge in [0.2, 0.25) is 5.56 Å². The molecular weight excluding hydrogens is 170 g/mol. The molecule has 0 unspecified atom stereocenters. The predicted molar refractivity (Wildman–Crippen MR) is 47.6 cm³/mol. The number of ether oxygens (including phenoxy) is 1. The van der Waals surface area contributed by atoms with E-state index in [1.165, 1.54) is 18.3 Å². The minimum absolute atomic E-state index is 0.230. The molecule has 0 aliphatic carbocycles. The molecule has 1 N–H and O–H groups in total. The van der Waals surface area contributed by atoms with Gasteiger partial charge in [-0.25, -0.2) is 4.79 Å². The Morgan fingerprint density at radius 3 is 2.85 bits per heavy atom. The molecule has 1 heterocycles. The Morgan fingerprint density at radius 2 is 2.31 bits per heavy atom. The van der Waals surface area contributed by atoms with Crippen molar-refractivity contribution >= 4 is 5.97 Å². The van der Waals surface area contributed by atoms with Crippen molar-refractivity contribution in [2.24, 2.45) is 0 Å². The summed E-state index contributed by atoms with van der Waals surface area (Å²) in [6.45, 7) is 2.32. The zero-order valence-electron chi connectivity index (χ0n) is 7.37. The molecule has 4 nitrogen and oxygen atoms in total. The second-order valence-electron chi connectivity index (χ2n) is 2.58. The first-order valence-corrected chi connectivity index (χ1v) is 4.10. The summed E-state index contributed by atoms with van der Waals surface area (Å²) in [5, 5.41) is 0. The van der Waals surface area contributed by atoms with Gasteiger partial charge in [0, 0.05) is 12.3 Å². The molecule has 70 valence electrons. The van der Waals surface area contributed by atoms with Gasteiger partial charge in [-0.05, 0) is 12.5 Å². The summed E-state index contributed by atoms with van der Waals surface area (Å²) in [6.07, 6.45) is 2.13. The highest BCUT2D eigenvalue weighted by Crippen LogP contribution is 1.97. The van der Waals surface area contributed by atoms with Crippen molar-refractivity contribution in [1.29, 1.82) is 0 Å². The van der Waals surface area contributed by atoms with Crippen molar-refractivity contribution in [2.45, 2.75) is 13.3 Å². The number of carbonyl (C=O) groups is 1. The molecule has 0 atom stereocenters. The standard InChI is InChI=1S/C9H11NO3/c1-2-5-13-9(12)7-3-4-8(11)10-6-7/h3-4,6H,2,5H2,1H3,(H,10,11). The van der Waals surface area contributed by atoms with Crippen LogP contribution in [0, 0.1) is 0 Å². The second kappa shape index (κ2) is 4.45. The fourth-order valence-corrected chi connectivity index (χ4v) is 0.816. The van der Waals surface area contributed by atoms with E-state index in [-0.39, 0.29) is 5.56 Å². The van der Waals surface area contributed by atoms with Crippen LogP contribution in [-0.4, -0.2) is 17.6 Å². The predicted octanol–water partition coefficient (Wildman–Crippen LogP) is 0.942. The molecule has 0 bridgehead atoms. The van der Waals surface area contributed by atoms with E-state index >= 15 is 0 Å². The van der Waals surface area contributed by atoms with Crippen molar-refractivity contribution in [3.63, 3.8) is 0 Å². The van der Waals surface area contributed by atoms with E-state index in [9.17, 15) is 9.59 Å². The SMILES string of the molecule is CCCOC(=O)c1ccc(=O)[nH]c1. The normalized spacial score (nSPS) is 9.62. The van der Waals surface area contributed by atoms with Crippen LogP contribution in [0.4, 0.5) is 0 Å². The van der Waals surface area contributed by atoms with E-state index in [1.807, 2.05) is 6.92 Å². The maximum atomic E-state index is 11.2. The van der Waals surface area contributed by atoms with Crippen LogP contribution >= 0.6 is 0 Å². The maximum absolute atomic E-state index is 11.2. The van der Waals surface area contributed by atoms with Gasteiger partial charge in [0.1, 0.15) is 0 Å². The monoisotopic (exact) mass is 181 g/mol. The summed E-state index contributed by atoms with van der Waals surface area (Å²) in [7, 11) is 0. The minimum Gasteiger partial charge on any atom is -0.462 e. The Labute approximate surface area is 75.5 Å². The minimum atomic E-state index is -0.405. The average Bonchev–Trinajstić information content (AvgIpc) is 2.15. The Bertz CT molecular complexity index is 322. The summed E-state index contributed by atoms with van der Waals surface area (Å²) in [6, 6.07) is 2.74. The van der Waals surface area contributed by atoms with Gasteiger partial charge < -0.3 is 9.72 Å². The van der Waals surface area contributed by atoms with Gasteiger partial charge in [-0.2, -0.15) is 0 Å². The molecule has 4 heteroatoms. The van der Waals surface area contributed by atoms with Crippen molar-refractivity contribution in [3.8, 4) is 0 Å². The van der Waals surface area contributed by atoms with Crippen LogP contribution in [0.3, 0.4) is 0 Å². The van der Waals surface area contributed by atoms with Gasteiger partial charge in [-0.15, -0.1) is 0 Å². The van der Waals surface area contributed by atoms with E-state index in [2.05, 4.69) is 4.98 Å². The first-order valence-electron chi connectivity index (χ1n) is 4.10. The number of pyridine rings is 1. The third kappa shape index (κ3) is 2.74. The number of H-pyrrole nitrogens is 1. The number of nitrogens with one attached hydrogen (secondary N) is 1. The largest absolute Gasteiger partial charge is 0.462 e. The molecule has 0 aliphatic heterocycles. The third-order valence-corrected chi connectivity index (χ3v) is 1.46. The molecular formula is C9H11NO3. The summed E-state index contributed by atoms with van der Waals surface area (Å²) in [4.78, 5) is 24.2. The number of hydrogen-bond donors (Lipinski definition) is 1. The van der Waals surface area contributed by atoms with E-state index in [4.69, 9.17) is 4.74 Å². The lowest BCUT2D eigenvalue weighted by Gasteiger charge is -2.01. The van der Waals surface area contributed by atoms with E-state index in [0.29, 0.717) is 12.2 Å². The van der Waals surface area contributed by atoms with E-state index in [1.54, 1.807) is 0 Å². The number of esters is 1. The van der Waals surface area contributed by atoms with Crippen molar-refractivity contribution in [1.82, 2.24) is 4.98 Å². The molecule has 1 aromatic rings. The van der Waals surface area contributed by atoms with Crippen LogP contribution in [0.2, 0.25) is 0 Å². The Kier molecular flexibility index (Phi) is 3.25. The third-order valence-electron chi connectivity index (χ3n) is 1.46. The molecule has 0 spiro atoms. The topological polar surface area (TPSA) is 59.2 Å². The van der Waals surface area contributed by atoms with E-state index < -0.39 is 5.97 Å². The molecule has 13 heavy (non-hydrogen) atoms. The molecule has 0 saturated heterocycles. The van der Waals surface area contributed by atoms with Gasteiger partial charge >= 0.3 is 5.97 Å². The lowest BCUT2D eigenvalue weighted by Crippen LogP contribution is -2.10. The highest BCUT2D eigenvalue weighted by molar-refractivity contribution is 5.88. The quantitative estimate of drug-likeness (QED) is 0.706. The second-order valence-corrected chi connectivity index (χ2v) is 2.58. The van der Waals surface area contributed by atoms with Crippen LogP contribution in [0.15, 0.2) is 23.1 Å². The van der Waals surface area contributed by atoms with Gasteiger partial charge in [0.15, 0.2) is 0 Å². The van der Waals surface area contributed by atoms with Gasteiger partial charge in [0.05, 0.1) is 12.2 Å². The Balaban J connectivity index is 2.66. The summed E-state index contributed by atoms with van der Waals surface area (Å²) in [5.74, 6) is -0.405. The average molecular weight is 181 g/mol. The number of rotatable bonds is 3. The van der Waals surface area contributed by atoms with Crippen molar-refractivity contribution in [3.05, 3.63) is 34.2 Å². The molecule has 0 saturated carbocycles. The van der Waals surface area contributed by atoms with Crippen LogP contribution in [0.1, 0.15) is 23.7 Å². The lowest BCUT2D eigenvalue weighted by atomic mass is 10.3. The number of aromatic amines is 1. The lowest BCUT2D eigenvalue weighted by molar-refractivity contribution is 0.0504. The molecule has 0 amide bonds. The first kappa shape index (κ1) is 9.51. The molecule has 1 rings (SSSR count). The van der Waals surface area contributed by atoms with E-state index in [0.717, 1.165) is 6.42 Å². The smallest absolute Gasteiger partial charge is 0.339 e. The molecule has 0 aromatic carbocycles. The van der Waals surface area contributed by atoms with Crippen LogP contribution < -0.4 is 5.56 Å². The van der Waals surface area contributed by atoms with Crippen molar-refractivity contribution in [2.75, 3.05) is 6.61 Å². The highest BCUT2D eigenvalue weighted by atomic mass is 16.5. The van der Waals surface area contributed by atoms with Gasteiger partial charge in [-0.1, -0.05) is 6.92 Å². The van der Waals surface area contributed by atoms with Crippen LogP contribution in [0.5, 0.6) is 0 Å². The van der Waals surface area contributed by atoms with Gasteiger partial charge in [-0.3, -0.25) is 4.79 Å². The highest BCUT2D eigenvalue weighted by Gasteiger charge is 2.04. The number of carbonyl (C=O) groups excluding carboxylic acids is 1. The van der Waals surface area contributed by atoms with Crippen LogP contribution in [0.25, 0.3) is 0 Å². The van der Waals surface area contributed by atoms with Gasteiger partial charge in [0.25, 0.3) is 0 Å². The summed E-state index contributed by atoms with van der Waals surface area (Å²) >= 11 is 0. The Morgan fingerprint density at radius 1 is 1.54 bits per heavy atom. The first-order chi connectivity index (χ1) is 6.24. The maximum Gasteiger partial charge on any atom is 0.339 e. The number of aromatic nitrogens is 1. The fourth-order valence-electron chi connectivity index (χ4n) is 0.816.